The van der Waals surface area contributed by atoms with Gasteiger partial charge in [-0.05, 0) is 6.07 Å². The molecule has 0 saturated heterocycles. The van der Waals surface area contributed by atoms with E-state index < -0.39 is 21.5 Å². The van der Waals surface area contributed by atoms with E-state index in [9.17, 15) is 17.2 Å². The van der Waals surface area contributed by atoms with Crippen molar-refractivity contribution in [3.63, 3.8) is 0 Å². The number of aromatic nitrogens is 2. The second-order valence-electron chi connectivity index (χ2n) is 4.61. The van der Waals surface area contributed by atoms with Gasteiger partial charge in [0.2, 0.25) is 0 Å². The number of hydrogen-bond donors (Lipinski definition) is 0. The average molecular weight is 337 g/mol. The van der Waals surface area contributed by atoms with Crippen LogP contribution in [0.3, 0.4) is 0 Å². The fourth-order valence-corrected chi connectivity index (χ4v) is 3.02. The number of halogens is 3. The Balaban J connectivity index is 2.50. The van der Waals surface area contributed by atoms with Crippen LogP contribution >= 0.6 is 11.6 Å². The normalized spacial score (nSPS) is 12.2. The van der Waals surface area contributed by atoms with Crippen molar-refractivity contribution < 1.29 is 17.2 Å². The van der Waals surface area contributed by atoms with Crippen LogP contribution in [0.15, 0.2) is 12.1 Å². The molecule has 0 aliphatic carbocycles. The smallest absolute Gasteiger partial charge is 0.153 e. The Morgan fingerprint density at radius 2 is 2.05 bits per heavy atom. The highest BCUT2D eigenvalue weighted by molar-refractivity contribution is 7.91. The molecule has 4 nitrogen and oxygen atoms in total. The maximum Gasteiger partial charge on any atom is 0.153 e. The predicted octanol–water partition coefficient (Wildman–Crippen LogP) is 2.53. The zero-order chi connectivity index (χ0) is 15.6. The molecule has 21 heavy (non-hydrogen) atoms. The van der Waals surface area contributed by atoms with Crippen LogP contribution in [0.25, 0.3) is 11.0 Å². The van der Waals surface area contributed by atoms with E-state index in [1.54, 1.807) is 6.92 Å². The number of sulfone groups is 1. The van der Waals surface area contributed by atoms with Crippen LogP contribution in [0, 0.1) is 11.6 Å². The summed E-state index contributed by atoms with van der Waals surface area (Å²) in [5, 5.41) is 0. The Morgan fingerprint density at radius 1 is 1.33 bits per heavy atom. The molecule has 0 atom stereocenters. The Labute approximate surface area is 126 Å². The highest BCUT2D eigenvalue weighted by Gasteiger charge is 2.17. The van der Waals surface area contributed by atoms with Gasteiger partial charge in [-0.25, -0.2) is 22.2 Å². The van der Waals surface area contributed by atoms with E-state index in [4.69, 9.17) is 11.6 Å². The number of rotatable bonds is 6. The molecule has 0 bridgehead atoms. The van der Waals surface area contributed by atoms with E-state index >= 15 is 0 Å². The molecule has 0 aliphatic heterocycles. The van der Waals surface area contributed by atoms with Gasteiger partial charge in [-0.2, -0.15) is 0 Å². The minimum absolute atomic E-state index is 0.0210. The van der Waals surface area contributed by atoms with Gasteiger partial charge in [-0.1, -0.05) is 6.92 Å². The van der Waals surface area contributed by atoms with Gasteiger partial charge in [0.15, 0.2) is 15.7 Å². The van der Waals surface area contributed by atoms with Gasteiger partial charge < -0.3 is 4.57 Å². The van der Waals surface area contributed by atoms with Gasteiger partial charge in [0.05, 0.1) is 11.3 Å². The summed E-state index contributed by atoms with van der Waals surface area (Å²) < 4.78 is 51.9. The lowest BCUT2D eigenvalue weighted by molar-refractivity contribution is 0.588. The van der Waals surface area contributed by atoms with Crippen LogP contribution < -0.4 is 0 Å². The van der Waals surface area contributed by atoms with Gasteiger partial charge in [-0.3, -0.25) is 0 Å². The molecular formula is C13H15ClF2N2O2S. The standard InChI is InChI=1S/C13H15ClF2N2O2S/c1-2-21(19,20)6-5-18-11-8-9(15)7-10(16)13(11)17-12(18)3-4-14/h7-8H,2-6H2,1H3. The Kier molecular flexibility index (Phi) is 4.83. The minimum Gasteiger partial charge on any atom is -0.327 e. The fourth-order valence-electron chi connectivity index (χ4n) is 2.10. The molecule has 0 amide bonds. The highest BCUT2D eigenvalue weighted by atomic mass is 35.5. The lowest BCUT2D eigenvalue weighted by atomic mass is 10.3. The quantitative estimate of drug-likeness (QED) is 0.762. The van der Waals surface area contributed by atoms with Crippen molar-refractivity contribution in [1.82, 2.24) is 9.55 Å². The largest absolute Gasteiger partial charge is 0.327 e. The Bertz CT molecular complexity index is 759. The molecule has 1 aromatic heterocycles. The summed E-state index contributed by atoms with van der Waals surface area (Å²) in [5.74, 6) is -0.866. The first-order chi connectivity index (χ1) is 9.88. The third-order valence-electron chi connectivity index (χ3n) is 3.24. The van der Waals surface area contributed by atoms with Crippen LogP contribution in [0.5, 0.6) is 0 Å². The van der Waals surface area contributed by atoms with Crippen LogP contribution in [0.4, 0.5) is 8.78 Å². The summed E-state index contributed by atoms with van der Waals surface area (Å²) in [6.07, 6.45) is 0.351. The number of benzene rings is 1. The SMILES string of the molecule is CCS(=O)(=O)CCn1c(CCCl)nc2c(F)cc(F)cc21. The van der Waals surface area contributed by atoms with Crippen LogP contribution in [0.2, 0.25) is 0 Å². The molecule has 0 N–H and O–H groups in total. The van der Waals surface area contributed by atoms with Crippen LogP contribution in [-0.4, -0.2) is 35.4 Å². The van der Waals surface area contributed by atoms with Gasteiger partial charge in [0.1, 0.15) is 17.2 Å². The molecule has 0 saturated carbocycles. The maximum absolute atomic E-state index is 13.8. The van der Waals surface area contributed by atoms with E-state index in [-0.39, 0.29) is 35.0 Å². The third kappa shape index (κ3) is 3.52. The number of nitrogens with zero attached hydrogens (tertiary/aromatic N) is 2. The summed E-state index contributed by atoms with van der Waals surface area (Å²) in [6.45, 7) is 1.65. The maximum atomic E-state index is 13.8. The van der Waals surface area contributed by atoms with E-state index in [0.29, 0.717) is 12.2 Å². The molecule has 0 unspecified atom stereocenters. The number of alkyl halides is 1. The molecule has 1 heterocycles. The third-order valence-corrected chi connectivity index (χ3v) is 5.11. The van der Waals surface area contributed by atoms with E-state index in [1.165, 1.54) is 4.57 Å². The first-order valence-corrected chi connectivity index (χ1v) is 8.84. The molecule has 0 fully saturated rings. The van der Waals surface area contributed by atoms with Crippen molar-refractivity contribution >= 4 is 32.5 Å². The molecule has 116 valence electrons. The van der Waals surface area contributed by atoms with Crippen molar-refractivity contribution in [2.45, 2.75) is 19.9 Å². The van der Waals surface area contributed by atoms with E-state index in [1.807, 2.05) is 0 Å². The van der Waals surface area contributed by atoms with Crippen molar-refractivity contribution in [3.8, 4) is 0 Å². The van der Waals surface area contributed by atoms with Gasteiger partial charge in [0, 0.05) is 30.7 Å². The summed E-state index contributed by atoms with van der Waals surface area (Å²) in [5.41, 5.74) is 0.282. The lowest BCUT2D eigenvalue weighted by Crippen LogP contribution is -2.16. The summed E-state index contributed by atoms with van der Waals surface area (Å²) in [6, 6.07) is 1.91. The van der Waals surface area contributed by atoms with Gasteiger partial charge in [0.25, 0.3) is 0 Å². The fraction of sp³-hybridized carbons (Fsp3) is 0.462. The van der Waals surface area contributed by atoms with Crippen molar-refractivity contribution in [1.29, 1.82) is 0 Å². The number of fused-ring (bicyclic) bond motifs is 1. The number of imidazole rings is 1. The van der Waals surface area contributed by atoms with Crippen LogP contribution in [-0.2, 0) is 22.8 Å². The highest BCUT2D eigenvalue weighted by Crippen LogP contribution is 2.22. The molecule has 8 heteroatoms. The molecule has 0 spiro atoms. The summed E-state index contributed by atoms with van der Waals surface area (Å²) in [4.78, 5) is 4.11. The van der Waals surface area contributed by atoms with Crippen molar-refractivity contribution in [2.24, 2.45) is 0 Å². The average Bonchev–Trinajstić information content (AvgIpc) is 2.75. The Hall–Kier alpha value is -1.21. The topological polar surface area (TPSA) is 52.0 Å². The zero-order valence-corrected chi connectivity index (χ0v) is 13.0. The lowest BCUT2D eigenvalue weighted by Gasteiger charge is -2.08. The van der Waals surface area contributed by atoms with Crippen molar-refractivity contribution in [3.05, 3.63) is 29.6 Å². The van der Waals surface area contributed by atoms with E-state index in [0.717, 1.165) is 12.1 Å². The second kappa shape index (κ2) is 6.27. The summed E-state index contributed by atoms with van der Waals surface area (Å²) in [7, 11) is -3.19. The van der Waals surface area contributed by atoms with Crippen LogP contribution in [0.1, 0.15) is 12.7 Å². The molecule has 0 aliphatic rings. The predicted molar refractivity (Wildman–Crippen MR) is 78.4 cm³/mol. The first kappa shape index (κ1) is 16.2. The van der Waals surface area contributed by atoms with Gasteiger partial charge in [-0.15, -0.1) is 11.6 Å². The molecule has 0 radical (unpaired) electrons. The van der Waals surface area contributed by atoms with Crippen molar-refractivity contribution in [2.75, 3.05) is 17.4 Å². The number of aryl methyl sites for hydroxylation is 2. The molecule has 2 rings (SSSR count). The monoisotopic (exact) mass is 336 g/mol. The molecular weight excluding hydrogens is 322 g/mol. The first-order valence-electron chi connectivity index (χ1n) is 6.48. The Morgan fingerprint density at radius 3 is 2.67 bits per heavy atom. The zero-order valence-electron chi connectivity index (χ0n) is 11.4. The minimum atomic E-state index is -3.19. The van der Waals surface area contributed by atoms with E-state index in [2.05, 4.69) is 4.98 Å². The number of hydrogen-bond acceptors (Lipinski definition) is 3. The molecule has 2 aromatic rings. The molecule has 1 aromatic carbocycles. The summed E-state index contributed by atoms with van der Waals surface area (Å²) >= 11 is 5.68. The van der Waals surface area contributed by atoms with Gasteiger partial charge >= 0.3 is 0 Å². The second-order valence-corrected chi connectivity index (χ2v) is 7.46.